The average Bonchev–Trinajstić information content (AvgIpc) is 2.86. The number of fused-ring (bicyclic) bond motifs is 1. The Kier molecular flexibility index (Phi) is 3.70. The van der Waals surface area contributed by atoms with Crippen molar-refractivity contribution in [3.05, 3.63) is 65.0 Å². The fourth-order valence-electron chi connectivity index (χ4n) is 2.77. The molecule has 104 valence electrons. The van der Waals surface area contributed by atoms with Crippen LogP contribution in [-0.2, 0) is 19.5 Å². The molecule has 1 aliphatic rings. The molecule has 0 saturated carbocycles. The summed E-state index contributed by atoms with van der Waals surface area (Å²) in [4.78, 5) is 2.21. The zero-order valence-corrected chi connectivity index (χ0v) is 11.7. The van der Waals surface area contributed by atoms with E-state index in [2.05, 4.69) is 35.5 Å². The zero-order valence-electron chi connectivity index (χ0n) is 11.7. The van der Waals surface area contributed by atoms with Gasteiger partial charge in [0.25, 0.3) is 0 Å². The summed E-state index contributed by atoms with van der Waals surface area (Å²) >= 11 is 0. The quantitative estimate of drug-likeness (QED) is 0.915. The van der Waals surface area contributed by atoms with Crippen molar-refractivity contribution in [2.24, 2.45) is 0 Å². The molecular formula is C17H19FN2. The molecule has 2 aromatic rings. The summed E-state index contributed by atoms with van der Waals surface area (Å²) in [6.45, 7) is 2.68. The van der Waals surface area contributed by atoms with Crippen LogP contribution in [0.3, 0.4) is 0 Å². The first-order chi connectivity index (χ1) is 9.70. The maximum atomic E-state index is 13.2. The highest BCUT2D eigenvalue weighted by atomic mass is 19.1. The number of rotatable bonds is 4. The van der Waals surface area contributed by atoms with Crippen molar-refractivity contribution >= 4 is 5.69 Å². The van der Waals surface area contributed by atoms with Gasteiger partial charge >= 0.3 is 0 Å². The standard InChI is InChI=1S/C17H19FN2/c1-20(11-13-3-2-4-16(18)10-13)12-14-5-6-17-15(9-14)7-8-19-17/h2-6,9-10,19H,7-8,11-12H2,1H3. The molecule has 0 aromatic heterocycles. The predicted molar refractivity (Wildman–Crippen MR) is 80.2 cm³/mol. The summed E-state index contributed by atoms with van der Waals surface area (Å²) in [5.41, 5.74) is 4.99. The smallest absolute Gasteiger partial charge is 0.123 e. The fraction of sp³-hybridized carbons (Fsp3) is 0.294. The zero-order chi connectivity index (χ0) is 13.9. The van der Waals surface area contributed by atoms with Gasteiger partial charge in [0, 0.05) is 25.3 Å². The number of benzene rings is 2. The lowest BCUT2D eigenvalue weighted by Gasteiger charge is -2.17. The minimum absolute atomic E-state index is 0.167. The maximum Gasteiger partial charge on any atom is 0.123 e. The normalized spacial score (nSPS) is 13.3. The topological polar surface area (TPSA) is 15.3 Å². The Morgan fingerprint density at radius 3 is 2.70 bits per heavy atom. The molecule has 0 atom stereocenters. The fourth-order valence-corrected chi connectivity index (χ4v) is 2.77. The van der Waals surface area contributed by atoms with E-state index in [1.807, 2.05) is 6.07 Å². The van der Waals surface area contributed by atoms with E-state index in [-0.39, 0.29) is 5.82 Å². The Morgan fingerprint density at radius 1 is 1.10 bits per heavy atom. The number of anilines is 1. The maximum absolute atomic E-state index is 13.2. The van der Waals surface area contributed by atoms with Crippen LogP contribution in [0.1, 0.15) is 16.7 Å². The molecule has 20 heavy (non-hydrogen) atoms. The van der Waals surface area contributed by atoms with Crippen molar-refractivity contribution < 1.29 is 4.39 Å². The van der Waals surface area contributed by atoms with E-state index in [1.165, 1.54) is 22.9 Å². The van der Waals surface area contributed by atoms with Crippen molar-refractivity contribution in [1.29, 1.82) is 0 Å². The Balaban J connectivity index is 1.65. The van der Waals surface area contributed by atoms with Gasteiger partial charge in [0.05, 0.1) is 0 Å². The highest BCUT2D eigenvalue weighted by Crippen LogP contribution is 2.23. The Labute approximate surface area is 119 Å². The Morgan fingerprint density at radius 2 is 1.90 bits per heavy atom. The summed E-state index contributed by atoms with van der Waals surface area (Å²) in [6, 6.07) is 13.4. The monoisotopic (exact) mass is 270 g/mol. The summed E-state index contributed by atoms with van der Waals surface area (Å²) in [7, 11) is 2.07. The number of nitrogens with zero attached hydrogens (tertiary/aromatic N) is 1. The second-order valence-corrected chi connectivity index (χ2v) is 5.47. The molecule has 0 unspecified atom stereocenters. The van der Waals surface area contributed by atoms with Gasteiger partial charge in [-0.1, -0.05) is 24.3 Å². The minimum atomic E-state index is -0.167. The molecule has 1 aliphatic heterocycles. The number of nitrogens with one attached hydrogen (secondary N) is 1. The van der Waals surface area contributed by atoms with Crippen molar-refractivity contribution in [2.45, 2.75) is 19.5 Å². The van der Waals surface area contributed by atoms with E-state index in [4.69, 9.17) is 0 Å². The summed E-state index contributed by atoms with van der Waals surface area (Å²) in [5, 5.41) is 3.37. The Hall–Kier alpha value is -1.87. The van der Waals surface area contributed by atoms with Gasteiger partial charge < -0.3 is 5.32 Å². The summed E-state index contributed by atoms with van der Waals surface area (Å²) in [6.07, 6.45) is 1.11. The third kappa shape index (κ3) is 2.99. The number of hydrogen-bond donors (Lipinski definition) is 1. The van der Waals surface area contributed by atoms with Crippen LogP contribution in [-0.4, -0.2) is 18.5 Å². The Bertz CT molecular complexity index is 610. The van der Waals surface area contributed by atoms with Gasteiger partial charge in [-0.2, -0.15) is 0 Å². The highest BCUT2D eigenvalue weighted by molar-refractivity contribution is 5.56. The van der Waals surface area contributed by atoms with Crippen molar-refractivity contribution in [3.8, 4) is 0 Å². The van der Waals surface area contributed by atoms with Gasteiger partial charge in [-0.25, -0.2) is 4.39 Å². The molecule has 0 amide bonds. The van der Waals surface area contributed by atoms with Gasteiger partial charge in [0.1, 0.15) is 5.82 Å². The van der Waals surface area contributed by atoms with Gasteiger partial charge in [-0.05, 0) is 48.4 Å². The van der Waals surface area contributed by atoms with Gasteiger partial charge in [-0.3, -0.25) is 4.90 Å². The van der Waals surface area contributed by atoms with Gasteiger partial charge in [0.15, 0.2) is 0 Å². The molecule has 0 radical (unpaired) electrons. The van der Waals surface area contributed by atoms with Crippen LogP contribution in [0.5, 0.6) is 0 Å². The highest BCUT2D eigenvalue weighted by Gasteiger charge is 2.10. The molecule has 2 aromatic carbocycles. The third-order valence-corrected chi connectivity index (χ3v) is 3.67. The van der Waals surface area contributed by atoms with Crippen LogP contribution >= 0.6 is 0 Å². The summed E-state index contributed by atoms with van der Waals surface area (Å²) < 4.78 is 13.2. The van der Waals surface area contributed by atoms with E-state index in [1.54, 1.807) is 12.1 Å². The first kappa shape index (κ1) is 13.1. The van der Waals surface area contributed by atoms with Crippen LogP contribution in [0, 0.1) is 5.82 Å². The third-order valence-electron chi connectivity index (χ3n) is 3.67. The molecule has 0 fully saturated rings. The predicted octanol–water partition coefficient (Wildman–Crippen LogP) is 3.43. The molecule has 0 saturated heterocycles. The van der Waals surface area contributed by atoms with E-state index in [0.29, 0.717) is 0 Å². The second kappa shape index (κ2) is 5.63. The SMILES string of the molecule is CN(Cc1cccc(F)c1)Cc1ccc2c(c1)CCN2. The summed E-state index contributed by atoms with van der Waals surface area (Å²) in [5.74, 6) is -0.167. The molecule has 0 aliphatic carbocycles. The molecule has 1 heterocycles. The molecule has 0 spiro atoms. The molecule has 3 rings (SSSR count). The lowest BCUT2D eigenvalue weighted by molar-refractivity contribution is 0.318. The van der Waals surface area contributed by atoms with Gasteiger partial charge in [0.2, 0.25) is 0 Å². The minimum Gasteiger partial charge on any atom is -0.384 e. The molecule has 0 bridgehead atoms. The number of halogens is 1. The van der Waals surface area contributed by atoms with Crippen molar-refractivity contribution in [1.82, 2.24) is 4.90 Å². The second-order valence-electron chi connectivity index (χ2n) is 5.47. The molecule has 3 heteroatoms. The lowest BCUT2D eigenvalue weighted by atomic mass is 10.1. The first-order valence-electron chi connectivity index (χ1n) is 6.99. The van der Waals surface area contributed by atoms with Gasteiger partial charge in [-0.15, -0.1) is 0 Å². The average molecular weight is 270 g/mol. The number of hydrogen-bond acceptors (Lipinski definition) is 2. The largest absolute Gasteiger partial charge is 0.384 e. The van der Waals surface area contributed by atoms with Crippen LogP contribution in [0.2, 0.25) is 0 Å². The van der Waals surface area contributed by atoms with E-state index < -0.39 is 0 Å². The van der Waals surface area contributed by atoms with Crippen molar-refractivity contribution in [3.63, 3.8) is 0 Å². The molecular weight excluding hydrogens is 251 g/mol. The van der Waals surface area contributed by atoms with E-state index in [0.717, 1.165) is 31.6 Å². The van der Waals surface area contributed by atoms with Crippen LogP contribution in [0.25, 0.3) is 0 Å². The van der Waals surface area contributed by atoms with Crippen LogP contribution < -0.4 is 5.32 Å². The van der Waals surface area contributed by atoms with E-state index >= 15 is 0 Å². The van der Waals surface area contributed by atoms with Crippen LogP contribution in [0.4, 0.5) is 10.1 Å². The van der Waals surface area contributed by atoms with Crippen molar-refractivity contribution in [2.75, 3.05) is 18.9 Å². The molecule has 2 nitrogen and oxygen atoms in total. The molecule has 1 N–H and O–H groups in total. The van der Waals surface area contributed by atoms with Crippen LogP contribution in [0.15, 0.2) is 42.5 Å². The lowest BCUT2D eigenvalue weighted by Crippen LogP contribution is -2.17. The first-order valence-corrected chi connectivity index (χ1v) is 6.99. The van der Waals surface area contributed by atoms with E-state index in [9.17, 15) is 4.39 Å².